The smallest absolute Gasteiger partial charge is 0.111 e. The molecule has 0 aliphatic carbocycles. The summed E-state index contributed by atoms with van der Waals surface area (Å²) in [6.07, 6.45) is 4.80. The molecule has 0 radical (unpaired) electrons. The summed E-state index contributed by atoms with van der Waals surface area (Å²) in [5.41, 5.74) is 8.93. The number of aromatic amines is 2. The van der Waals surface area contributed by atoms with E-state index in [0.717, 1.165) is 45.7 Å². The highest BCUT2D eigenvalue weighted by atomic mass is 15.1. The number of H-pyrrole nitrogens is 2. The van der Waals surface area contributed by atoms with E-state index in [1.54, 1.807) is 0 Å². The number of aromatic nitrogens is 5. The highest BCUT2D eigenvalue weighted by Crippen LogP contribution is 2.37. The molecule has 0 unspecified atom stereocenters. The Morgan fingerprint density at radius 1 is 1.03 bits per heavy atom. The molecule has 0 aliphatic rings. The third kappa shape index (κ3) is 4.08. The quantitative estimate of drug-likeness (QED) is 0.361. The molecule has 0 fully saturated rings. The third-order valence-electron chi connectivity index (χ3n) is 6.07. The van der Waals surface area contributed by atoms with Crippen molar-refractivity contribution in [3.05, 3.63) is 53.1 Å². The lowest BCUT2D eigenvalue weighted by Crippen LogP contribution is -2.11. The van der Waals surface area contributed by atoms with E-state index in [1.807, 2.05) is 12.4 Å². The number of aryl methyl sites for hydroxylation is 1. The standard InChI is InChI=1S/C27H35N5/c1-15(2)11-19-17(5)29-26(24(19)16(3)4)21-12-18-9-10-28-14-20(18)25(30-21)22-13-23(32-31-22)27(6,7)8/h9-10,12-16,29H,11H2,1-8H3,(H,31,32). The monoisotopic (exact) mass is 429 g/mol. The molecule has 168 valence electrons. The van der Waals surface area contributed by atoms with Crippen LogP contribution in [0.25, 0.3) is 33.5 Å². The van der Waals surface area contributed by atoms with Crippen molar-refractivity contribution in [2.75, 3.05) is 0 Å². The summed E-state index contributed by atoms with van der Waals surface area (Å²) in [5, 5.41) is 9.98. The van der Waals surface area contributed by atoms with Crippen molar-refractivity contribution in [1.82, 2.24) is 25.1 Å². The lowest BCUT2D eigenvalue weighted by atomic mass is 9.91. The second-order valence-corrected chi connectivity index (χ2v) is 10.6. The van der Waals surface area contributed by atoms with Crippen molar-refractivity contribution < 1.29 is 0 Å². The Hall–Kier alpha value is -2.95. The predicted octanol–water partition coefficient (Wildman–Crippen LogP) is 6.94. The SMILES string of the molecule is Cc1[nH]c(-c2cc3ccncc3c(-c3cc(C(C)(C)C)[nH]n3)n2)c(C(C)C)c1CC(C)C. The molecule has 5 heteroatoms. The molecule has 4 heterocycles. The van der Waals surface area contributed by atoms with Gasteiger partial charge in [0.2, 0.25) is 0 Å². The summed E-state index contributed by atoms with van der Waals surface area (Å²) >= 11 is 0. The normalized spacial score (nSPS) is 12.4. The van der Waals surface area contributed by atoms with Crippen molar-refractivity contribution in [2.45, 2.75) is 73.1 Å². The van der Waals surface area contributed by atoms with Crippen molar-refractivity contribution >= 4 is 10.8 Å². The van der Waals surface area contributed by atoms with Gasteiger partial charge in [-0.2, -0.15) is 5.10 Å². The summed E-state index contributed by atoms with van der Waals surface area (Å²) in [6.45, 7) is 17.8. The summed E-state index contributed by atoms with van der Waals surface area (Å²) in [7, 11) is 0. The molecule has 4 aromatic rings. The number of pyridine rings is 2. The van der Waals surface area contributed by atoms with E-state index >= 15 is 0 Å². The Labute approximate surface area is 191 Å². The molecule has 4 rings (SSSR count). The molecule has 0 bridgehead atoms. The Bertz CT molecular complexity index is 1250. The molecular formula is C27H35N5. The van der Waals surface area contributed by atoms with Gasteiger partial charge in [-0.25, -0.2) is 4.98 Å². The van der Waals surface area contributed by atoms with E-state index < -0.39 is 0 Å². The fourth-order valence-corrected chi connectivity index (χ4v) is 4.43. The summed E-state index contributed by atoms with van der Waals surface area (Å²) in [5.74, 6) is 1.00. The Balaban J connectivity index is 1.95. The summed E-state index contributed by atoms with van der Waals surface area (Å²) in [6, 6.07) is 6.35. The van der Waals surface area contributed by atoms with Gasteiger partial charge in [0.15, 0.2) is 0 Å². The zero-order valence-corrected chi connectivity index (χ0v) is 20.6. The highest BCUT2D eigenvalue weighted by Gasteiger charge is 2.23. The Morgan fingerprint density at radius 2 is 1.78 bits per heavy atom. The van der Waals surface area contributed by atoms with E-state index in [0.29, 0.717) is 11.8 Å². The van der Waals surface area contributed by atoms with Crippen LogP contribution in [0.3, 0.4) is 0 Å². The van der Waals surface area contributed by atoms with E-state index in [-0.39, 0.29) is 5.41 Å². The molecule has 0 amide bonds. The molecule has 0 aliphatic heterocycles. The molecule has 5 nitrogen and oxygen atoms in total. The van der Waals surface area contributed by atoms with Crippen LogP contribution in [0.4, 0.5) is 0 Å². The number of rotatable bonds is 5. The fourth-order valence-electron chi connectivity index (χ4n) is 4.43. The van der Waals surface area contributed by atoms with Crippen LogP contribution >= 0.6 is 0 Å². The van der Waals surface area contributed by atoms with Gasteiger partial charge in [-0.3, -0.25) is 10.1 Å². The maximum absolute atomic E-state index is 5.16. The first kappa shape index (κ1) is 22.3. The molecular weight excluding hydrogens is 394 g/mol. The number of nitrogens with zero attached hydrogens (tertiary/aromatic N) is 3. The van der Waals surface area contributed by atoms with Crippen LogP contribution in [-0.2, 0) is 11.8 Å². The zero-order chi connectivity index (χ0) is 23.2. The molecule has 0 aromatic carbocycles. The minimum Gasteiger partial charge on any atom is -0.357 e. The van der Waals surface area contributed by atoms with Crippen LogP contribution in [0.5, 0.6) is 0 Å². The van der Waals surface area contributed by atoms with E-state index in [4.69, 9.17) is 4.98 Å². The predicted molar refractivity (Wildman–Crippen MR) is 133 cm³/mol. The Kier molecular flexibility index (Phi) is 5.70. The average molecular weight is 430 g/mol. The fraction of sp³-hybridized carbons (Fsp3) is 0.444. The lowest BCUT2D eigenvalue weighted by Gasteiger charge is -2.15. The number of fused-ring (bicyclic) bond motifs is 1. The summed E-state index contributed by atoms with van der Waals surface area (Å²) < 4.78 is 0. The van der Waals surface area contributed by atoms with Crippen molar-refractivity contribution in [3.8, 4) is 22.8 Å². The molecule has 4 aromatic heterocycles. The number of hydrogen-bond donors (Lipinski definition) is 2. The minimum absolute atomic E-state index is 0.00988. The van der Waals surface area contributed by atoms with Crippen molar-refractivity contribution in [2.24, 2.45) is 5.92 Å². The van der Waals surface area contributed by atoms with E-state index in [9.17, 15) is 0 Å². The second-order valence-electron chi connectivity index (χ2n) is 10.6. The maximum Gasteiger partial charge on any atom is 0.111 e. The largest absolute Gasteiger partial charge is 0.357 e. The van der Waals surface area contributed by atoms with Gasteiger partial charge >= 0.3 is 0 Å². The second kappa shape index (κ2) is 8.19. The molecule has 2 N–H and O–H groups in total. The third-order valence-corrected chi connectivity index (χ3v) is 6.07. The highest BCUT2D eigenvalue weighted by molar-refractivity contribution is 5.95. The van der Waals surface area contributed by atoms with Crippen LogP contribution in [0.2, 0.25) is 0 Å². The molecule has 0 saturated carbocycles. The van der Waals surface area contributed by atoms with Gasteiger partial charge in [0.05, 0.1) is 11.4 Å². The van der Waals surface area contributed by atoms with Crippen molar-refractivity contribution in [3.63, 3.8) is 0 Å². The van der Waals surface area contributed by atoms with Gasteiger partial charge in [0.1, 0.15) is 11.4 Å². The van der Waals surface area contributed by atoms with Crippen LogP contribution in [0.1, 0.15) is 76.9 Å². The van der Waals surface area contributed by atoms with Gasteiger partial charge in [-0.15, -0.1) is 0 Å². The molecule has 0 atom stereocenters. The van der Waals surface area contributed by atoms with Crippen LogP contribution in [0.15, 0.2) is 30.6 Å². The lowest BCUT2D eigenvalue weighted by molar-refractivity contribution is 0.567. The van der Waals surface area contributed by atoms with Crippen LogP contribution in [-0.4, -0.2) is 25.1 Å². The minimum atomic E-state index is -0.00988. The van der Waals surface area contributed by atoms with Gasteiger partial charge in [-0.05, 0) is 59.9 Å². The average Bonchev–Trinajstić information content (AvgIpc) is 3.32. The van der Waals surface area contributed by atoms with Gasteiger partial charge < -0.3 is 4.98 Å². The zero-order valence-electron chi connectivity index (χ0n) is 20.6. The molecule has 0 saturated heterocycles. The molecule has 32 heavy (non-hydrogen) atoms. The number of nitrogens with one attached hydrogen (secondary N) is 2. The van der Waals surface area contributed by atoms with Crippen LogP contribution < -0.4 is 0 Å². The van der Waals surface area contributed by atoms with E-state index in [2.05, 4.69) is 93.8 Å². The van der Waals surface area contributed by atoms with Crippen LogP contribution in [0, 0.1) is 12.8 Å². The van der Waals surface area contributed by atoms with Gasteiger partial charge in [0, 0.05) is 34.6 Å². The number of hydrogen-bond acceptors (Lipinski definition) is 3. The van der Waals surface area contributed by atoms with E-state index in [1.165, 1.54) is 16.8 Å². The maximum atomic E-state index is 5.16. The summed E-state index contributed by atoms with van der Waals surface area (Å²) in [4.78, 5) is 13.2. The van der Waals surface area contributed by atoms with Crippen molar-refractivity contribution in [1.29, 1.82) is 0 Å². The first-order valence-electron chi connectivity index (χ1n) is 11.6. The van der Waals surface area contributed by atoms with Gasteiger partial charge in [-0.1, -0.05) is 48.5 Å². The van der Waals surface area contributed by atoms with Gasteiger partial charge in [0.25, 0.3) is 0 Å². The Morgan fingerprint density at radius 3 is 2.41 bits per heavy atom. The topological polar surface area (TPSA) is 70.2 Å². The first-order chi connectivity index (χ1) is 15.1. The molecule has 0 spiro atoms. The first-order valence-corrected chi connectivity index (χ1v) is 11.6.